The zero-order valence-electron chi connectivity index (χ0n) is 22.5. The normalized spacial score (nSPS) is 12.3. The van der Waals surface area contributed by atoms with Crippen LogP contribution in [0.15, 0.2) is 102 Å². The van der Waals surface area contributed by atoms with Gasteiger partial charge in [-0.15, -0.1) is 0 Å². The first kappa shape index (κ1) is 28.9. The molecule has 0 aliphatic rings. The van der Waals surface area contributed by atoms with Gasteiger partial charge in [-0.05, 0) is 53.4 Å². The van der Waals surface area contributed by atoms with Crippen LogP contribution in [0.4, 0.5) is 0 Å². The van der Waals surface area contributed by atoms with Gasteiger partial charge in [-0.2, -0.15) is 0 Å². The van der Waals surface area contributed by atoms with Crippen LogP contribution in [0.25, 0.3) is 11.1 Å². The van der Waals surface area contributed by atoms with E-state index in [-0.39, 0.29) is 12.0 Å². The molecule has 0 aliphatic carbocycles. The van der Waals surface area contributed by atoms with Crippen LogP contribution in [0.3, 0.4) is 0 Å². The number of rotatable bonds is 12. The number of hydrogen-bond donors (Lipinski definition) is 2. The van der Waals surface area contributed by atoms with E-state index in [9.17, 15) is 14.7 Å². The second-order valence-corrected chi connectivity index (χ2v) is 10.6. The number of para-hydroxylation sites is 2. The standard InChI is InChI=1S/C33H32BrNO5/c1-3-22(2)21-39-30-18-17-25(34)20-28(30)32(36)35-29(33(37)38)19-23-13-15-24(16-14-23)27-11-7-8-12-31(27)40-26-9-5-4-6-10-26/h4-18,20,22,29H,3,19,21H2,1-2H3,(H,35,36)(H,37,38)/t22?,29-/m0/s1. The van der Waals surface area contributed by atoms with Gasteiger partial charge in [0.15, 0.2) is 0 Å². The third-order valence-electron chi connectivity index (χ3n) is 6.57. The summed E-state index contributed by atoms with van der Waals surface area (Å²) in [6.45, 7) is 4.61. The summed E-state index contributed by atoms with van der Waals surface area (Å²) in [4.78, 5) is 25.3. The van der Waals surface area contributed by atoms with Gasteiger partial charge in [-0.3, -0.25) is 4.79 Å². The lowest BCUT2D eigenvalue weighted by Gasteiger charge is -2.18. The summed E-state index contributed by atoms with van der Waals surface area (Å²) < 4.78 is 12.7. The molecule has 1 unspecified atom stereocenters. The van der Waals surface area contributed by atoms with Gasteiger partial charge in [-0.1, -0.05) is 96.9 Å². The van der Waals surface area contributed by atoms with E-state index in [2.05, 4.69) is 35.1 Å². The third kappa shape index (κ3) is 7.73. The molecular weight excluding hydrogens is 570 g/mol. The molecule has 4 aromatic rings. The van der Waals surface area contributed by atoms with Crippen molar-refractivity contribution in [1.82, 2.24) is 5.32 Å². The maximum absolute atomic E-state index is 13.2. The molecule has 206 valence electrons. The fourth-order valence-corrected chi connectivity index (χ4v) is 4.42. The maximum Gasteiger partial charge on any atom is 0.326 e. The molecule has 2 N–H and O–H groups in total. The Morgan fingerprint density at radius 3 is 2.30 bits per heavy atom. The number of halogens is 1. The van der Waals surface area contributed by atoms with Crippen LogP contribution in [0.1, 0.15) is 36.2 Å². The molecule has 4 aromatic carbocycles. The van der Waals surface area contributed by atoms with Gasteiger partial charge in [-0.25, -0.2) is 4.79 Å². The van der Waals surface area contributed by atoms with Crippen molar-refractivity contribution in [3.8, 4) is 28.4 Å². The van der Waals surface area contributed by atoms with Crippen LogP contribution < -0.4 is 14.8 Å². The van der Waals surface area contributed by atoms with E-state index >= 15 is 0 Å². The van der Waals surface area contributed by atoms with E-state index in [1.165, 1.54) is 0 Å². The third-order valence-corrected chi connectivity index (χ3v) is 7.07. The molecule has 0 fully saturated rings. The molecule has 0 radical (unpaired) electrons. The summed E-state index contributed by atoms with van der Waals surface area (Å²) in [5, 5.41) is 12.6. The molecule has 2 atom stereocenters. The molecule has 0 spiro atoms. The summed E-state index contributed by atoms with van der Waals surface area (Å²) >= 11 is 3.40. The number of carboxylic acids is 1. The average molecular weight is 603 g/mol. The van der Waals surface area contributed by atoms with E-state index in [0.29, 0.717) is 22.7 Å². The van der Waals surface area contributed by atoms with Crippen molar-refractivity contribution in [2.45, 2.75) is 32.7 Å². The molecule has 4 rings (SSSR count). The molecule has 0 saturated carbocycles. The fourth-order valence-electron chi connectivity index (χ4n) is 4.06. The monoisotopic (exact) mass is 601 g/mol. The van der Waals surface area contributed by atoms with Crippen molar-refractivity contribution >= 4 is 27.8 Å². The first-order chi connectivity index (χ1) is 19.3. The van der Waals surface area contributed by atoms with Crippen molar-refractivity contribution in [2.24, 2.45) is 5.92 Å². The van der Waals surface area contributed by atoms with Gasteiger partial charge in [0.2, 0.25) is 0 Å². The van der Waals surface area contributed by atoms with Crippen LogP contribution in [0.5, 0.6) is 17.2 Å². The Morgan fingerprint density at radius 2 is 1.60 bits per heavy atom. The summed E-state index contributed by atoms with van der Waals surface area (Å²) in [7, 11) is 0. The van der Waals surface area contributed by atoms with Crippen molar-refractivity contribution in [2.75, 3.05) is 6.61 Å². The van der Waals surface area contributed by atoms with Gasteiger partial charge in [0.1, 0.15) is 23.3 Å². The molecule has 0 aliphatic heterocycles. The first-order valence-electron chi connectivity index (χ1n) is 13.2. The lowest BCUT2D eigenvalue weighted by Crippen LogP contribution is -2.42. The minimum atomic E-state index is -1.12. The van der Waals surface area contributed by atoms with Crippen LogP contribution in [0.2, 0.25) is 0 Å². The second-order valence-electron chi connectivity index (χ2n) is 9.64. The SMILES string of the molecule is CCC(C)COc1ccc(Br)cc1C(=O)N[C@@H](Cc1ccc(-c2ccccc2Oc2ccccc2)cc1)C(=O)O. The number of hydrogen-bond acceptors (Lipinski definition) is 4. The van der Waals surface area contributed by atoms with Crippen LogP contribution in [-0.4, -0.2) is 29.6 Å². The molecule has 6 nitrogen and oxygen atoms in total. The number of carbonyl (C=O) groups excluding carboxylic acids is 1. The van der Waals surface area contributed by atoms with E-state index < -0.39 is 17.9 Å². The average Bonchev–Trinajstić information content (AvgIpc) is 2.97. The highest BCUT2D eigenvalue weighted by molar-refractivity contribution is 9.10. The number of carboxylic acid groups (broad SMARTS) is 1. The lowest BCUT2D eigenvalue weighted by molar-refractivity contribution is -0.139. The fraction of sp³-hybridized carbons (Fsp3) is 0.212. The molecule has 0 heterocycles. The van der Waals surface area contributed by atoms with E-state index in [4.69, 9.17) is 9.47 Å². The number of nitrogens with one attached hydrogen (secondary N) is 1. The predicted octanol–water partition coefficient (Wildman–Crippen LogP) is 7.76. The molecule has 0 saturated heterocycles. The van der Waals surface area contributed by atoms with Crippen LogP contribution >= 0.6 is 15.9 Å². The molecule has 7 heteroatoms. The Kier molecular flexibility index (Phi) is 9.97. The van der Waals surface area contributed by atoms with E-state index in [1.807, 2.05) is 78.9 Å². The Labute approximate surface area is 243 Å². The van der Waals surface area contributed by atoms with Crippen LogP contribution in [0, 0.1) is 5.92 Å². The van der Waals surface area contributed by atoms with Crippen LogP contribution in [-0.2, 0) is 11.2 Å². The van der Waals surface area contributed by atoms with Gasteiger partial charge < -0.3 is 19.9 Å². The molecule has 0 bridgehead atoms. The van der Waals surface area contributed by atoms with Gasteiger partial charge in [0.25, 0.3) is 5.91 Å². The van der Waals surface area contributed by atoms with E-state index in [1.54, 1.807) is 18.2 Å². The van der Waals surface area contributed by atoms with Gasteiger partial charge in [0, 0.05) is 16.5 Å². The molecule has 1 amide bonds. The molecular formula is C33H32BrNO5. The topological polar surface area (TPSA) is 84.9 Å². The first-order valence-corrected chi connectivity index (χ1v) is 14.0. The Hall–Kier alpha value is -4.10. The number of ether oxygens (including phenoxy) is 2. The van der Waals surface area contributed by atoms with Gasteiger partial charge >= 0.3 is 5.97 Å². The van der Waals surface area contributed by atoms with Crippen molar-refractivity contribution in [3.05, 3.63) is 113 Å². The Balaban J connectivity index is 1.48. The number of carbonyl (C=O) groups is 2. The number of benzene rings is 4. The minimum absolute atomic E-state index is 0.126. The Bertz CT molecular complexity index is 1440. The number of aliphatic carboxylic acids is 1. The zero-order chi connectivity index (χ0) is 28.5. The Morgan fingerprint density at radius 1 is 0.900 bits per heavy atom. The minimum Gasteiger partial charge on any atom is -0.492 e. The highest BCUT2D eigenvalue weighted by Gasteiger charge is 2.23. The van der Waals surface area contributed by atoms with Crippen molar-refractivity contribution < 1.29 is 24.2 Å². The number of amides is 1. The lowest BCUT2D eigenvalue weighted by atomic mass is 9.99. The highest BCUT2D eigenvalue weighted by Crippen LogP contribution is 2.33. The summed E-state index contributed by atoms with van der Waals surface area (Å²) in [5.41, 5.74) is 2.92. The van der Waals surface area contributed by atoms with Crippen molar-refractivity contribution in [3.63, 3.8) is 0 Å². The summed E-state index contributed by atoms with van der Waals surface area (Å²) in [6, 6.07) is 29.0. The zero-order valence-corrected chi connectivity index (χ0v) is 24.1. The highest BCUT2D eigenvalue weighted by atomic mass is 79.9. The van der Waals surface area contributed by atoms with Gasteiger partial charge in [0.05, 0.1) is 12.2 Å². The molecule has 40 heavy (non-hydrogen) atoms. The smallest absolute Gasteiger partial charge is 0.326 e. The largest absolute Gasteiger partial charge is 0.492 e. The van der Waals surface area contributed by atoms with E-state index in [0.717, 1.165) is 34.6 Å². The quantitative estimate of drug-likeness (QED) is 0.173. The molecule has 0 aromatic heterocycles. The van der Waals surface area contributed by atoms with Crippen molar-refractivity contribution in [1.29, 1.82) is 0 Å². The summed E-state index contributed by atoms with van der Waals surface area (Å²) in [6.07, 6.45) is 1.07. The predicted molar refractivity (Wildman–Crippen MR) is 160 cm³/mol. The summed E-state index contributed by atoms with van der Waals surface area (Å²) in [5.74, 6) is 0.590. The second kappa shape index (κ2) is 13.8. The maximum atomic E-state index is 13.2.